The Morgan fingerprint density at radius 3 is 2.25 bits per heavy atom. The fraction of sp³-hybridized carbons (Fsp3) is 0.812. The highest BCUT2D eigenvalue weighted by Crippen LogP contribution is 2.32. The predicted octanol–water partition coefficient (Wildman–Crippen LogP) is 2.78. The number of ether oxygens (including phenoxy) is 1. The Morgan fingerprint density at radius 1 is 1.29 bits per heavy atom. The van der Waals surface area contributed by atoms with Crippen molar-refractivity contribution in [1.29, 1.82) is 5.26 Å². The number of likely N-dealkylation sites (tertiary alicyclic amines) is 1. The first-order valence-electron chi connectivity index (χ1n) is 7.74. The Morgan fingerprint density at radius 2 is 1.83 bits per heavy atom. The fourth-order valence-corrected chi connectivity index (χ4v) is 2.31. The lowest BCUT2D eigenvalue weighted by atomic mass is 10.1. The van der Waals surface area contributed by atoms with Crippen LogP contribution in [-0.2, 0) is 9.53 Å². The van der Waals surface area contributed by atoms with Gasteiger partial charge < -0.3 is 9.64 Å². The Labute approximate surface area is 141 Å². The minimum Gasteiger partial charge on any atom is -0.444 e. The van der Waals surface area contributed by atoms with Gasteiger partial charge in [0.05, 0.1) is 12.6 Å². The zero-order chi connectivity index (χ0) is 18.9. The fourth-order valence-electron chi connectivity index (χ4n) is 2.31. The molecule has 24 heavy (non-hydrogen) atoms. The molecule has 0 aromatic carbocycles. The maximum atomic E-state index is 13.5. The summed E-state index contributed by atoms with van der Waals surface area (Å²) in [5.74, 6) is -3.78. The maximum Gasteiger partial charge on any atom is 0.411 e. The van der Waals surface area contributed by atoms with Crippen molar-refractivity contribution in [3.63, 3.8) is 0 Å². The number of nitriles is 1. The number of nitrogens with zero attached hydrogens (tertiary/aromatic N) is 3. The zero-order valence-corrected chi connectivity index (χ0v) is 15.0. The van der Waals surface area contributed by atoms with Crippen molar-refractivity contribution >= 4 is 12.0 Å². The highest BCUT2D eigenvalue weighted by atomic mass is 19.3. The van der Waals surface area contributed by atoms with Crippen LogP contribution in [0.4, 0.5) is 13.6 Å². The molecule has 1 aliphatic heterocycles. The molecule has 0 aromatic heterocycles. The van der Waals surface area contributed by atoms with E-state index in [4.69, 9.17) is 10.00 Å². The summed E-state index contributed by atoms with van der Waals surface area (Å²) in [6.45, 7) is 8.99. The van der Waals surface area contributed by atoms with E-state index in [0.29, 0.717) is 0 Å². The van der Waals surface area contributed by atoms with Crippen molar-refractivity contribution in [3.05, 3.63) is 0 Å². The molecule has 136 valence electrons. The Kier molecular flexibility index (Phi) is 5.48. The monoisotopic (exact) mass is 345 g/mol. The summed E-state index contributed by atoms with van der Waals surface area (Å²) < 4.78 is 32.3. The van der Waals surface area contributed by atoms with Crippen molar-refractivity contribution in [2.45, 2.75) is 71.1 Å². The minimum atomic E-state index is -3.09. The van der Waals surface area contributed by atoms with Gasteiger partial charge in [-0.3, -0.25) is 9.69 Å². The molecule has 1 heterocycles. The van der Waals surface area contributed by atoms with Gasteiger partial charge in [-0.15, -0.1) is 0 Å². The van der Waals surface area contributed by atoms with Gasteiger partial charge in [0.1, 0.15) is 18.2 Å². The van der Waals surface area contributed by atoms with Crippen LogP contribution in [0.25, 0.3) is 0 Å². The van der Waals surface area contributed by atoms with E-state index < -0.39 is 54.6 Å². The lowest BCUT2D eigenvalue weighted by molar-refractivity contribution is -0.135. The molecule has 2 amide bonds. The SMILES string of the molecule is CC(C)(C)OC(=O)N(CC(=O)N1CC(F)(F)C[C@H]1C#N)C(C)(C)C. The Bertz CT molecular complexity index is 544. The summed E-state index contributed by atoms with van der Waals surface area (Å²) in [4.78, 5) is 26.8. The third-order valence-electron chi connectivity index (χ3n) is 3.46. The van der Waals surface area contributed by atoms with E-state index in [1.165, 1.54) is 4.90 Å². The second-order valence-corrected chi connectivity index (χ2v) is 7.96. The summed E-state index contributed by atoms with van der Waals surface area (Å²) in [5.41, 5.74) is -1.50. The van der Waals surface area contributed by atoms with E-state index in [0.717, 1.165) is 4.90 Å². The van der Waals surface area contributed by atoms with Gasteiger partial charge in [-0.25, -0.2) is 13.6 Å². The number of alkyl halides is 2. The molecule has 1 atom stereocenters. The highest BCUT2D eigenvalue weighted by molar-refractivity contribution is 5.83. The van der Waals surface area contributed by atoms with Crippen LogP contribution in [-0.4, -0.2) is 58.0 Å². The molecule has 0 saturated carbocycles. The second-order valence-electron chi connectivity index (χ2n) is 7.96. The minimum absolute atomic E-state index is 0.424. The van der Waals surface area contributed by atoms with Gasteiger partial charge in [0.15, 0.2) is 0 Å². The summed E-state index contributed by atoms with van der Waals surface area (Å²) in [6.07, 6.45) is -1.39. The number of halogens is 2. The third-order valence-corrected chi connectivity index (χ3v) is 3.46. The van der Waals surface area contributed by atoms with E-state index in [1.807, 2.05) is 0 Å². The van der Waals surface area contributed by atoms with Gasteiger partial charge in [0.2, 0.25) is 5.91 Å². The van der Waals surface area contributed by atoms with Crippen LogP contribution in [0, 0.1) is 11.3 Å². The molecule has 0 N–H and O–H groups in total. The summed E-state index contributed by atoms with van der Waals surface area (Å²) in [7, 11) is 0. The molecule has 1 rings (SSSR count). The molecule has 0 bridgehead atoms. The molecule has 0 aliphatic carbocycles. The van der Waals surface area contributed by atoms with E-state index in [9.17, 15) is 18.4 Å². The first-order chi connectivity index (χ1) is 10.7. The lowest BCUT2D eigenvalue weighted by Crippen LogP contribution is -2.53. The molecule has 1 fully saturated rings. The molecular weight excluding hydrogens is 320 g/mol. The summed E-state index contributed by atoms with van der Waals surface area (Å²) >= 11 is 0. The van der Waals surface area contributed by atoms with Gasteiger partial charge in [0, 0.05) is 12.0 Å². The predicted molar refractivity (Wildman–Crippen MR) is 83.4 cm³/mol. The van der Waals surface area contributed by atoms with E-state index >= 15 is 0 Å². The molecule has 1 saturated heterocycles. The second kappa shape index (κ2) is 6.54. The molecule has 6 nitrogen and oxygen atoms in total. The van der Waals surface area contributed by atoms with Crippen LogP contribution < -0.4 is 0 Å². The number of amides is 2. The third kappa shape index (κ3) is 5.32. The first kappa shape index (κ1) is 20.1. The van der Waals surface area contributed by atoms with Crippen LogP contribution >= 0.6 is 0 Å². The standard InChI is InChI=1S/C16H25F2N3O3/c1-14(2,3)21(13(23)24-15(4,5)6)9-12(22)20-10-16(17,18)7-11(20)8-19/h11H,7,9-10H2,1-6H3/t11-/m0/s1. The van der Waals surface area contributed by atoms with E-state index in [1.54, 1.807) is 47.6 Å². The smallest absolute Gasteiger partial charge is 0.411 e. The van der Waals surface area contributed by atoms with E-state index in [2.05, 4.69) is 0 Å². The van der Waals surface area contributed by atoms with Crippen molar-refractivity contribution in [3.8, 4) is 6.07 Å². The Balaban J connectivity index is 2.94. The highest BCUT2D eigenvalue weighted by Gasteiger charge is 2.48. The van der Waals surface area contributed by atoms with Gasteiger partial charge in [-0.05, 0) is 41.5 Å². The quantitative estimate of drug-likeness (QED) is 0.771. The normalized spacial score (nSPS) is 20.5. The van der Waals surface area contributed by atoms with Gasteiger partial charge in [0.25, 0.3) is 5.92 Å². The number of hydrogen-bond donors (Lipinski definition) is 0. The average molecular weight is 345 g/mol. The molecule has 0 spiro atoms. The maximum absolute atomic E-state index is 13.5. The topological polar surface area (TPSA) is 73.6 Å². The van der Waals surface area contributed by atoms with Gasteiger partial charge >= 0.3 is 6.09 Å². The summed E-state index contributed by atoms with van der Waals surface area (Å²) in [5, 5.41) is 8.99. The van der Waals surface area contributed by atoms with Crippen LogP contribution in [0.3, 0.4) is 0 Å². The van der Waals surface area contributed by atoms with Gasteiger partial charge in [-0.2, -0.15) is 5.26 Å². The lowest BCUT2D eigenvalue weighted by Gasteiger charge is -2.37. The molecular formula is C16H25F2N3O3. The molecule has 1 aliphatic rings. The molecule has 8 heteroatoms. The van der Waals surface area contributed by atoms with Gasteiger partial charge in [-0.1, -0.05) is 0 Å². The number of carbonyl (C=O) groups is 2. The van der Waals surface area contributed by atoms with Crippen LogP contribution in [0.2, 0.25) is 0 Å². The molecule has 0 unspecified atom stereocenters. The number of carbonyl (C=O) groups excluding carboxylic acids is 2. The van der Waals surface area contributed by atoms with Crippen LogP contribution in [0.15, 0.2) is 0 Å². The number of rotatable bonds is 2. The first-order valence-corrected chi connectivity index (χ1v) is 7.74. The molecule has 0 radical (unpaired) electrons. The Hall–Kier alpha value is -1.91. The largest absolute Gasteiger partial charge is 0.444 e. The van der Waals surface area contributed by atoms with Crippen molar-refractivity contribution < 1.29 is 23.1 Å². The average Bonchev–Trinajstić information content (AvgIpc) is 2.67. The van der Waals surface area contributed by atoms with E-state index in [-0.39, 0.29) is 0 Å². The van der Waals surface area contributed by atoms with Crippen molar-refractivity contribution in [2.24, 2.45) is 0 Å². The summed E-state index contributed by atoms with van der Waals surface area (Å²) in [6, 6.07) is 0.533. The number of hydrogen-bond acceptors (Lipinski definition) is 4. The molecule has 0 aromatic rings. The van der Waals surface area contributed by atoms with Crippen molar-refractivity contribution in [1.82, 2.24) is 9.80 Å². The van der Waals surface area contributed by atoms with Crippen molar-refractivity contribution in [2.75, 3.05) is 13.1 Å². The van der Waals surface area contributed by atoms with Crippen LogP contribution in [0.5, 0.6) is 0 Å². The zero-order valence-electron chi connectivity index (χ0n) is 15.0. The van der Waals surface area contributed by atoms with Crippen LogP contribution in [0.1, 0.15) is 48.0 Å².